The van der Waals surface area contributed by atoms with Gasteiger partial charge in [0.15, 0.2) is 18.1 Å². The molecule has 0 heterocycles. The molecular formula is C26H24Br2Cl2N2O4. The fraction of sp³-hybridized carbons (Fsp3) is 0.231. The molecule has 1 amide bonds. The number of amides is 1. The van der Waals surface area contributed by atoms with Crippen molar-refractivity contribution < 1.29 is 19.0 Å². The number of rotatable bonds is 10. The summed E-state index contributed by atoms with van der Waals surface area (Å²) in [5.41, 5.74) is 6.21. The highest BCUT2D eigenvalue weighted by Gasteiger charge is 2.17. The monoisotopic (exact) mass is 656 g/mol. The molecule has 0 bridgehead atoms. The summed E-state index contributed by atoms with van der Waals surface area (Å²) in [6, 6.07) is 12.9. The van der Waals surface area contributed by atoms with Crippen LogP contribution in [0.4, 0.5) is 0 Å². The summed E-state index contributed by atoms with van der Waals surface area (Å²) in [4.78, 5) is 12.2. The van der Waals surface area contributed by atoms with Crippen LogP contribution >= 0.6 is 55.1 Å². The Balaban J connectivity index is 1.64. The lowest BCUT2D eigenvalue weighted by Gasteiger charge is -2.15. The molecule has 190 valence electrons. The van der Waals surface area contributed by atoms with Crippen LogP contribution in [-0.4, -0.2) is 25.8 Å². The Kier molecular flexibility index (Phi) is 10.5. The fourth-order valence-electron chi connectivity index (χ4n) is 3.24. The van der Waals surface area contributed by atoms with Gasteiger partial charge in [0, 0.05) is 10.0 Å². The number of hydrogen-bond acceptors (Lipinski definition) is 5. The molecule has 0 aromatic heterocycles. The van der Waals surface area contributed by atoms with Crippen LogP contribution in [0.25, 0.3) is 0 Å². The average Bonchev–Trinajstić information content (AvgIpc) is 2.86. The van der Waals surface area contributed by atoms with Gasteiger partial charge in [-0.15, -0.1) is 0 Å². The van der Waals surface area contributed by atoms with E-state index in [4.69, 9.17) is 37.4 Å². The van der Waals surface area contributed by atoms with E-state index in [1.807, 2.05) is 25.1 Å². The highest BCUT2D eigenvalue weighted by atomic mass is 79.9. The molecule has 0 radical (unpaired) electrons. The third-order valence-electron chi connectivity index (χ3n) is 5.02. The van der Waals surface area contributed by atoms with Crippen LogP contribution in [0.5, 0.6) is 17.2 Å². The fourth-order valence-corrected chi connectivity index (χ4v) is 4.49. The van der Waals surface area contributed by atoms with Gasteiger partial charge in [-0.05, 0) is 92.2 Å². The lowest BCUT2D eigenvalue weighted by Crippen LogP contribution is -2.24. The van der Waals surface area contributed by atoms with Crippen molar-refractivity contribution >= 4 is 67.2 Å². The summed E-state index contributed by atoms with van der Waals surface area (Å²) in [5.74, 6) is 1.25. The maximum atomic E-state index is 12.2. The van der Waals surface area contributed by atoms with E-state index < -0.39 is 0 Å². The first kappa shape index (κ1) is 28.3. The first-order valence-corrected chi connectivity index (χ1v) is 13.2. The van der Waals surface area contributed by atoms with Gasteiger partial charge in [-0.2, -0.15) is 5.10 Å². The van der Waals surface area contributed by atoms with E-state index in [1.54, 1.807) is 18.2 Å². The highest BCUT2D eigenvalue weighted by molar-refractivity contribution is 9.13. The van der Waals surface area contributed by atoms with E-state index in [9.17, 15) is 4.79 Å². The summed E-state index contributed by atoms with van der Waals surface area (Å²) < 4.78 is 18.4. The number of carbonyl (C=O) groups excluding carboxylic acids is 1. The van der Waals surface area contributed by atoms with Crippen molar-refractivity contribution in [3.63, 3.8) is 0 Å². The van der Waals surface area contributed by atoms with Crippen molar-refractivity contribution in [1.29, 1.82) is 0 Å². The van der Waals surface area contributed by atoms with Gasteiger partial charge in [-0.3, -0.25) is 4.79 Å². The average molecular weight is 659 g/mol. The summed E-state index contributed by atoms with van der Waals surface area (Å²) >= 11 is 19.2. The number of nitrogens with one attached hydrogen (secondary N) is 1. The Hall–Kier alpha value is -2.26. The van der Waals surface area contributed by atoms with E-state index in [0.717, 1.165) is 23.1 Å². The molecule has 10 heteroatoms. The van der Waals surface area contributed by atoms with Crippen molar-refractivity contribution in [3.8, 4) is 17.2 Å². The molecule has 0 saturated heterocycles. The van der Waals surface area contributed by atoms with E-state index >= 15 is 0 Å². The Labute approximate surface area is 237 Å². The number of ether oxygens (including phenoxy) is 3. The van der Waals surface area contributed by atoms with E-state index in [2.05, 4.69) is 55.4 Å². The predicted molar refractivity (Wildman–Crippen MR) is 151 cm³/mol. The molecular weight excluding hydrogens is 635 g/mol. The molecule has 0 fully saturated rings. The Morgan fingerprint density at radius 2 is 1.81 bits per heavy atom. The van der Waals surface area contributed by atoms with Gasteiger partial charge in [0.25, 0.3) is 5.91 Å². The quantitative estimate of drug-likeness (QED) is 0.181. The summed E-state index contributed by atoms with van der Waals surface area (Å²) in [7, 11) is 1.54. The van der Waals surface area contributed by atoms with Crippen molar-refractivity contribution in [2.24, 2.45) is 5.10 Å². The molecule has 6 nitrogen and oxygen atoms in total. The minimum Gasteiger partial charge on any atom is -0.493 e. The largest absolute Gasteiger partial charge is 0.493 e. The molecule has 0 aliphatic rings. The van der Waals surface area contributed by atoms with E-state index in [-0.39, 0.29) is 19.1 Å². The van der Waals surface area contributed by atoms with Gasteiger partial charge in [0.2, 0.25) is 0 Å². The zero-order chi connectivity index (χ0) is 26.2. The Morgan fingerprint density at radius 1 is 1.03 bits per heavy atom. The van der Waals surface area contributed by atoms with E-state index in [0.29, 0.717) is 41.8 Å². The number of halogens is 4. The van der Waals surface area contributed by atoms with Crippen molar-refractivity contribution in [1.82, 2.24) is 5.43 Å². The second-order valence-corrected chi connectivity index (χ2v) is 10.2. The molecule has 0 atom stereocenters. The smallest absolute Gasteiger partial charge is 0.277 e. The summed E-state index contributed by atoms with van der Waals surface area (Å²) in [6.07, 6.45) is 2.39. The molecule has 3 rings (SSSR count). The van der Waals surface area contributed by atoms with Crippen LogP contribution in [0, 0.1) is 6.92 Å². The Bertz CT molecular complexity index is 1290. The minimum atomic E-state index is -0.380. The second-order valence-electron chi connectivity index (χ2n) is 7.75. The lowest BCUT2D eigenvalue weighted by molar-refractivity contribution is -0.123. The maximum Gasteiger partial charge on any atom is 0.277 e. The first-order valence-electron chi connectivity index (χ1n) is 10.9. The zero-order valence-corrected chi connectivity index (χ0v) is 24.5. The molecule has 0 aliphatic carbocycles. The third kappa shape index (κ3) is 7.62. The molecule has 36 heavy (non-hydrogen) atoms. The van der Waals surface area contributed by atoms with Gasteiger partial charge in [-0.1, -0.05) is 42.3 Å². The van der Waals surface area contributed by atoms with Crippen molar-refractivity contribution in [2.75, 3.05) is 13.7 Å². The normalized spacial score (nSPS) is 11.0. The molecule has 3 aromatic carbocycles. The molecule has 0 aliphatic heterocycles. The SMILES string of the molecule is CCc1cc(C)cc(OCC(=O)N/N=C/c2cc(OC)c(OCc3ccc(Cl)c(Cl)c3)c(Br)c2Br)c1. The predicted octanol–water partition coefficient (Wildman–Crippen LogP) is 7.51. The van der Waals surface area contributed by atoms with Gasteiger partial charge < -0.3 is 14.2 Å². The van der Waals surface area contributed by atoms with E-state index in [1.165, 1.54) is 13.3 Å². The topological polar surface area (TPSA) is 69.2 Å². The number of hydrogen-bond donors (Lipinski definition) is 1. The van der Waals surface area contributed by atoms with Gasteiger partial charge in [-0.25, -0.2) is 5.43 Å². The summed E-state index contributed by atoms with van der Waals surface area (Å²) in [5, 5.41) is 4.97. The van der Waals surface area contributed by atoms with Gasteiger partial charge in [0.1, 0.15) is 12.4 Å². The Morgan fingerprint density at radius 3 is 2.50 bits per heavy atom. The number of nitrogens with zero attached hydrogens (tertiary/aromatic N) is 1. The number of aryl methyl sites for hydroxylation is 2. The molecule has 0 saturated carbocycles. The van der Waals surface area contributed by atoms with Crippen LogP contribution < -0.4 is 19.6 Å². The standard InChI is InChI=1S/C26H24Br2Cl2N2O4/c1-4-16-7-15(2)8-19(9-16)35-14-23(33)32-31-12-18-11-22(34-3)26(25(28)24(18)27)36-13-17-5-6-20(29)21(30)10-17/h5-12H,4,13-14H2,1-3H3,(H,32,33)/b31-12+. The van der Waals surface area contributed by atoms with Crippen LogP contribution in [0.3, 0.4) is 0 Å². The second kappa shape index (κ2) is 13.3. The molecule has 3 aromatic rings. The maximum absolute atomic E-state index is 12.2. The molecule has 0 spiro atoms. The van der Waals surface area contributed by atoms with Crippen LogP contribution in [0.2, 0.25) is 10.0 Å². The molecule has 0 unspecified atom stereocenters. The number of hydrazone groups is 1. The number of methoxy groups -OCH3 is 1. The first-order chi connectivity index (χ1) is 17.2. The van der Waals surface area contributed by atoms with Crippen LogP contribution in [0.1, 0.15) is 29.2 Å². The van der Waals surface area contributed by atoms with Gasteiger partial charge in [0.05, 0.1) is 27.8 Å². The minimum absolute atomic E-state index is 0.153. The third-order valence-corrected chi connectivity index (χ3v) is 7.91. The van der Waals surface area contributed by atoms with Crippen LogP contribution in [-0.2, 0) is 17.8 Å². The highest BCUT2D eigenvalue weighted by Crippen LogP contribution is 2.42. The van der Waals surface area contributed by atoms with Crippen LogP contribution in [0.15, 0.2) is 56.5 Å². The van der Waals surface area contributed by atoms with Crippen molar-refractivity contribution in [3.05, 3.63) is 83.7 Å². The number of benzene rings is 3. The lowest BCUT2D eigenvalue weighted by atomic mass is 10.1. The zero-order valence-electron chi connectivity index (χ0n) is 19.8. The van der Waals surface area contributed by atoms with Crippen molar-refractivity contribution in [2.45, 2.75) is 26.9 Å². The summed E-state index contributed by atoms with van der Waals surface area (Å²) in [6.45, 7) is 4.16. The van der Waals surface area contributed by atoms with Gasteiger partial charge >= 0.3 is 0 Å². The molecule has 1 N–H and O–H groups in total. The number of carbonyl (C=O) groups is 1.